The first-order chi connectivity index (χ1) is 6.83. The van der Waals surface area contributed by atoms with Gasteiger partial charge in [0.1, 0.15) is 5.78 Å². The summed E-state index contributed by atoms with van der Waals surface area (Å²) in [5.74, 6) is 0.411. The Morgan fingerprint density at radius 2 is 2.21 bits per heavy atom. The summed E-state index contributed by atoms with van der Waals surface area (Å²) in [6.45, 7) is 7.02. The molecule has 1 rings (SSSR count). The Bertz CT molecular complexity index is 163. The molecule has 0 aromatic carbocycles. The lowest BCUT2D eigenvalue weighted by Crippen LogP contribution is -2.32. The Morgan fingerprint density at radius 1 is 1.36 bits per heavy atom. The highest BCUT2D eigenvalue weighted by molar-refractivity contribution is 5.80. The van der Waals surface area contributed by atoms with E-state index < -0.39 is 0 Å². The Balaban J connectivity index is 2.17. The maximum absolute atomic E-state index is 11.5. The fraction of sp³-hybridized carbons (Fsp3) is 0.909. The average molecular weight is 198 g/mol. The zero-order chi connectivity index (χ0) is 10.2. The van der Waals surface area contributed by atoms with E-state index in [1.807, 2.05) is 0 Å². The van der Waals surface area contributed by atoms with Crippen LogP contribution in [-0.4, -0.2) is 43.4 Å². The molecule has 0 bridgehead atoms. The zero-order valence-electron chi connectivity index (χ0n) is 9.22. The second-order valence-corrected chi connectivity index (χ2v) is 4.02. The van der Waals surface area contributed by atoms with Gasteiger partial charge in [-0.15, -0.1) is 0 Å². The summed E-state index contributed by atoms with van der Waals surface area (Å²) in [6.07, 6.45) is 4.10. The third-order valence-electron chi connectivity index (χ3n) is 2.64. The van der Waals surface area contributed by atoms with Crippen LogP contribution in [0.1, 0.15) is 32.6 Å². The summed E-state index contributed by atoms with van der Waals surface area (Å²) < 4.78 is 0. The van der Waals surface area contributed by atoms with Crippen LogP contribution in [0.15, 0.2) is 0 Å². The first-order valence-electron chi connectivity index (χ1n) is 5.77. The molecule has 1 saturated heterocycles. The second kappa shape index (κ2) is 6.96. The van der Waals surface area contributed by atoms with Crippen molar-refractivity contribution in [2.75, 3.05) is 32.7 Å². The molecule has 0 saturated carbocycles. The Labute approximate surface area is 86.9 Å². The molecule has 0 amide bonds. The van der Waals surface area contributed by atoms with Crippen molar-refractivity contribution in [3.63, 3.8) is 0 Å². The van der Waals surface area contributed by atoms with Crippen molar-refractivity contribution in [3.8, 4) is 0 Å². The normalized spacial score (nSPS) is 19.2. The fourth-order valence-corrected chi connectivity index (χ4v) is 1.76. The molecule has 0 atom stereocenters. The first kappa shape index (κ1) is 11.7. The summed E-state index contributed by atoms with van der Waals surface area (Å²) >= 11 is 0. The van der Waals surface area contributed by atoms with Crippen LogP contribution in [0.5, 0.6) is 0 Å². The van der Waals surface area contributed by atoms with Crippen molar-refractivity contribution >= 4 is 5.78 Å². The van der Waals surface area contributed by atoms with Crippen LogP contribution >= 0.6 is 0 Å². The predicted octanol–water partition coefficient (Wildman–Crippen LogP) is 1.04. The van der Waals surface area contributed by atoms with Crippen molar-refractivity contribution in [1.82, 2.24) is 10.2 Å². The molecule has 1 aliphatic heterocycles. The summed E-state index contributed by atoms with van der Waals surface area (Å²) in [4.78, 5) is 13.8. The van der Waals surface area contributed by atoms with Gasteiger partial charge in [0, 0.05) is 19.5 Å². The predicted molar refractivity (Wildman–Crippen MR) is 58.5 cm³/mol. The van der Waals surface area contributed by atoms with Crippen LogP contribution in [0, 0.1) is 0 Å². The van der Waals surface area contributed by atoms with Crippen molar-refractivity contribution in [3.05, 3.63) is 0 Å². The van der Waals surface area contributed by atoms with Gasteiger partial charge >= 0.3 is 0 Å². The molecule has 1 aliphatic rings. The molecule has 82 valence electrons. The van der Waals surface area contributed by atoms with Gasteiger partial charge in [-0.1, -0.05) is 13.3 Å². The van der Waals surface area contributed by atoms with Crippen molar-refractivity contribution < 1.29 is 4.79 Å². The third kappa shape index (κ3) is 4.72. The lowest BCUT2D eigenvalue weighted by Gasteiger charge is -2.17. The molecule has 0 spiro atoms. The smallest absolute Gasteiger partial charge is 0.146 e. The first-order valence-corrected chi connectivity index (χ1v) is 5.77. The largest absolute Gasteiger partial charge is 0.315 e. The summed E-state index contributed by atoms with van der Waals surface area (Å²) in [5, 5.41) is 3.34. The Morgan fingerprint density at radius 3 is 3.00 bits per heavy atom. The molecule has 0 aromatic rings. The molecule has 14 heavy (non-hydrogen) atoms. The number of nitrogens with zero attached hydrogens (tertiary/aromatic N) is 1. The van der Waals surface area contributed by atoms with Gasteiger partial charge in [-0.25, -0.2) is 0 Å². The van der Waals surface area contributed by atoms with E-state index in [9.17, 15) is 4.79 Å². The SMILES string of the molecule is CCCCC(=O)CN1CCCNCC1. The molecule has 3 nitrogen and oxygen atoms in total. The standard InChI is InChI=1S/C11H22N2O/c1-2-3-5-11(14)10-13-8-4-6-12-7-9-13/h12H,2-10H2,1H3. The van der Waals surface area contributed by atoms with Crippen molar-refractivity contribution in [2.24, 2.45) is 0 Å². The molecule has 0 aromatic heterocycles. The minimum absolute atomic E-state index is 0.411. The van der Waals surface area contributed by atoms with E-state index in [4.69, 9.17) is 0 Å². The highest BCUT2D eigenvalue weighted by Gasteiger charge is 2.11. The van der Waals surface area contributed by atoms with Crippen molar-refractivity contribution in [1.29, 1.82) is 0 Å². The molecular weight excluding hydrogens is 176 g/mol. The molecular formula is C11H22N2O. The molecule has 1 heterocycles. The number of Topliss-reactive ketones (excluding diaryl/α,β-unsaturated/α-hetero) is 1. The maximum Gasteiger partial charge on any atom is 0.146 e. The Kier molecular flexibility index (Phi) is 5.80. The van der Waals surface area contributed by atoms with Gasteiger partial charge in [0.25, 0.3) is 0 Å². The number of ketones is 1. The van der Waals surface area contributed by atoms with E-state index >= 15 is 0 Å². The zero-order valence-corrected chi connectivity index (χ0v) is 9.22. The number of hydrogen-bond acceptors (Lipinski definition) is 3. The number of nitrogens with one attached hydrogen (secondary N) is 1. The minimum atomic E-state index is 0.411. The lowest BCUT2D eigenvalue weighted by molar-refractivity contribution is -0.120. The second-order valence-electron chi connectivity index (χ2n) is 4.02. The number of carbonyl (C=O) groups is 1. The van der Waals surface area contributed by atoms with Crippen molar-refractivity contribution in [2.45, 2.75) is 32.6 Å². The summed E-state index contributed by atoms with van der Waals surface area (Å²) in [7, 11) is 0. The highest BCUT2D eigenvalue weighted by Crippen LogP contribution is 2.00. The van der Waals surface area contributed by atoms with E-state index in [-0.39, 0.29) is 0 Å². The van der Waals surface area contributed by atoms with Gasteiger partial charge in [0.15, 0.2) is 0 Å². The number of unbranched alkanes of at least 4 members (excludes halogenated alkanes) is 1. The summed E-state index contributed by atoms with van der Waals surface area (Å²) in [5.41, 5.74) is 0. The highest BCUT2D eigenvalue weighted by atomic mass is 16.1. The van der Waals surface area contributed by atoms with Gasteiger partial charge < -0.3 is 5.32 Å². The summed E-state index contributed by atoms with van der Waals surface area (Å²) in [6, 6.07) is 0. The molecule has 3 heteroatoms. The molecule has 1 fully saturated rings. The van der Waals surface area contributed by atoms with E-state index in [0.717, 1.165) is 45.4 Å². The number of carbonyl (C=O) groups excluding carboxylic acids is 1. The molecule has 1 N–H and O–H groups in total. The van der Waals surface area contributed by atoms with Crippen LogP contribution in [0.4, 0.5) is 0 Å². The number of rotatable bonds is 5. The van der Waals surface area contributed by atoms with Crippen LogP contribution in [0.2, 0.25) is 0 Å². The minimum Gasteiger partial charge on any atom is -0.315 e. The number of hydrogen-bond donors (Lipinski definition) is 1. The molecule has 0 aliphatic carbocycles. The monoisotopic (exact) mass is 198 g/mol. The third-order valence-corrected chi connectivity index (χ3v) is 2.64. The van der Waals surface area contributed by atoms with Gasteiger partial charge in [0.2, 0.25) is 0 Å². The van der Waals surface area contributed by atoms with E-state index in [0.29, 0.717) is 12.3 Å². The van der Waals surface area contributed by atoms with Gasteiger partial charge in [-0.2, -0.15) is 0 Å². The van der Waals surface area contributed by atoms with Gasteiger partial charge in [-0.05, 0) is 25.9 Å². The Hall–Kier alpha value is -0.410. The van der Waals surface area contributed by atoms with Crippen LogP contribution in [-0.2, 0) is 4.79 Å². The van der Waals surface area contributed by atoms with Crippen LogP contribution < -0.4 is 5.32 Å². The van der Waals surface area contributed by atoms with E-state index in [1.165, 1.54) is 6.42 Å². The lowest BCUT2D eigenvalue weighted by atomic mass is 10.2. The van der Waals surface area contributed by atoms with Gasteiger partial charge in [-0.3, -0.25) is 9.69 Å². The van der Waals surface area contributed by atoms with Crippen LogP contribution in [0.25, 0.3) is 0 Å². The maximum atomic E-state index is 11.5. The fourth-order valence-electron chi connectivity index (χ4n) is 1.76. The quantitative estimate of drug-likeness (QED) is 0.716. The average Bonchev–Trinajstić information content (AvgIpc) is 2.43. The van der Waals surface area contributed by atoms with E-state index in [2.05, 4.69) is 17.1 Å². The molecule has 0 radical (unpaired) electrons. The molecule has 0 unspecified atom stereocenters. The van der Waals surface area contributed by atoms with E-state index in [1.54, 1.807) is 0 Å². The topological polar surface area (TPSA) is 32.3 Å². The van der Waals surface area contributed by atoms with Gasteiger partial charge in [0.05, 0.1) is 6.54 Å². The van der Waals surface area contributed by atoms with Crippen LogP contribution in [0.3, 0.4) is 0 Å².